The third-order valence-electron chi connectivity index (χ3n) is 3.51. The molecule has 0 saturated heterocycles. The summed E-state index contributed by atoms with van der Waals surface area (Å²) in [7, 11) is -1.65. The minimum atomic E-state index is -1.65. The van der Waals surface area contributed by atoms with Gasteiger partial charge in [-0.2, -0.15) is 0 Å². The summed E-state index contributed by atoms with van der Waals surface area (Å²) >= 11 is 0. The topological polar surface area (TPSA) is 98.7 Å². The fourth-order valence-corrected chi connectivity index (χ4v) is 2.13. The van der Waals surface area contributed by atoms with Gasteiger partial charge in [0.1, 0.15) is 5.92 Å². The molecule has 0 radical (unpaired) electrons. The first-order valence-electron chi connectivity index (χ1n) is 7.79. The molecular weight excluding hydrogens is 295 g/mol. The molecule has 0 aliphatic heterocycles. The van der Waals surface area contributed by atoms with Gasteiger partial charge < -0.3 is 20.7 Å². The molecule has 126 valence electrons. The standard InChI is InChI=1S/C16H25BN2O4/c1-11(2)9-14(17(22)23)19-16(21)12(3)15(20)18-10-13-7-5-4-6-8-13/h4-8,11-12,14,22-23H,9-10H2,1-3H3,(H,18,20)(H,19,21). The van der Waals surface area contributed by atoms with Crippen LogP contribution in [0.15, 0.2) is 30.3 Å². The van der Waals surface area contributed by atoms with Crippen molar-refractivity contribution in [1.29, 1.82) is 0 Å². The van der Waals surface area contributed by atoms with Crippen molar-refractivity contribution in [2.75, 3.05) is 0 Å². The van der Waals surface area contributed by atoms with E-state index in [9.17, 15) is 19.6 Å². The highest BCUT2D eigenvalue weighted by Crippen LogP contribution is 2.07. The van der Waals surface area contributed by atoms with Crippen molar-refractivity contribution in [2.45, 2.75) is 39.7 Å². The van der Waals surface area contributed by atoms with Crippen LogP contribution in [0.1, 0.15) is 32.8 Å². The van der Waals surface area contributed by atoms with Crippen LogP contribution in [0.4, 0.5) is 0 Å². The predicted molar refractivity (Wildman–Crippen MR) is 89.0 cm³/mol. The Morgan fingerprint density at radius 3 is 2.22 bits per heavy atom. The fraction of sp³-hybridized carbons (Fsp3) is 0.500. The Balaban J connectivity index is 2.52. The van der Waals surface area contributed by atoms with Gasteiger partial charge in [0, 0.05) is 6.54 Å². The third-order valence-corrected chi connectivity index (χ3v) is 3.51. The summed E-state index contributed by atoms with van der Waals surface area (Å²) in [5, 5.41) is 23.9. The average molecular weight is 320 g/mol. The Morgan fingerprint density at radius 1 is 1.09 bits per heavy atom. The van der Waals surface area contributed by atoms with Crippen molar-refractivity contribution >= 4 is 18.9 Å². The van der Waals surface area contributed by atoms with E-state index in [0.29, 0.717) is 13.0 Å². The lowest BCUT2D eigenvalue weighted by Gasteiger charge is -2.21. The molecule has 6 nitrogen and oxygen atoms in total. The molecule has 0 fully saturated rings. The van der Waals surface area contributed by atoms with E-state index in [-0.39, 0.29) is 5.92 Å². The Kier molecular flexibility index (Phi) is 7.78. The molecule has 0 heterocycles. The summed E-state index contributed by atoms with van der Waals surface area (Å²) in [5.74, 6) is -2.43. The van der Waals surface area contributed by atoms with E-state index in [1.54, 1.807) is 0 Å². The lowest BCUT2D eigenvalue weighted by Crippen LogP contribution is -2.50. The van der Waals surface area contributed by atoms with Crippen LogP contribution < -0.4 is 10.6 Å². The zero-order valence-corrected chi connectivity index (χ0v) is 13.8. The molecule has 2 atom stereocenters. The quantitative estimate of drug-likeness (QED) is 0.414. The van der Waals surface area contributed by atoms with Crippen LogP contribution in [0.2, 0.25) is 0 Å². The van der Waals surface area contributed by atoms with E-state index in [0.717, 1.165) is 5.56 Å². The Hall–Kier alpha value is -1.86. The maximum absolute atomic E-state index is 12.1. The van der Waals surface area contributed by atoms with Gasteiger partial charge in [0.2, 0.25) is 11.8 Å². The molecule has 0 bridgehead atoms. The van der Waals surface area contributed by atoms with Gasteiger partial charge in [-0.1, -0.05) is 44.2 Å². The summed E-state index contributed by atoms with van der Waals surface area (Å²) < 4.78 is 0. The van der Waals surface area contributed by atoms with Crippen molar-refractivity contribution in [2.24, 2.45) is 11.8 Å². The van der Waals surface area contributed by atoms with Gasteiger partial charge in [-0.05, 0) is 24.8 Å². The highest BCUT2D eigenvalue weighted by atomic mass is 16.4. The van der Waals surface area contributed by atoms with Crippen LogP contribution in [0.25, 0.3) is 0 Å². The van der Waals surface area contributed by atoms with E-state index in [1.807, 2.05) is 44.2 Å². The molecule has 23 heavy (non-hydrogen) atoms. The zero-order chi connectivity index (χ0) is 17.4. The first-order valence-corrected chi connectivity index (χ1v) is 7.79. The van der Waals surface area contributed by atoms with Gasteiger partial charge >= 0.3 is 7.12 Å². The van der Waals surface area contributed by atoms with Crippen LogP contribution in [0.3, 0.4) is 0 Å². The molecule has 0 aliphatic rings. The second-order valence-corrected chi connectivity index (χ2v) is 6.08. The van der Waals surface area contributed by atoms with Crippen molar-refractivity contribution in [1.82, 2.24) is 10.6 Å². The van der Waals surface area contributed by atoms with Crippen molar-refractivity contribution in [3.63, 3.8) is 0 Å². The lowest BCUT2D eigenvalue weighted by molar-refractivity contribution is -0.134. The molecule has 0 spiro atoms. The lowest BCUT2D eigenvalue weighted by atomic mass is 9.75. The minimum Gasteiger partial charge on any atom is -0.426 e. The molecule has 1 aromatic rings. The molecule has 4 N–H and O–H groups in total. The third kappa shape index (κ3) is 6.84. The van der Waals surface area contributed by atoms with Gasteiger partial charge in [-0.25, -0.2) is 0 Å². The normalized spacial score (nSPS) is 13.3. The average Bonchev–Trinajstić information content (AvgIpc) is 2.51. The van der Waals surface area contributed by atoms with E-state index >= 15 is 0 Å². The molecule has 0 aromatic heterocycles. The predicted octanol–water partition coefficient (Wildman–Crippen LogP) is 0.482. The summed E-state index contributed by atoms with van der Waals surface area (Å²) in [6.07, 6.45) is 0.418. The van der Waals surface area contributed by atoms with Crippen LogP contribution in [0.5, 0.6) is 0 Å². The van der Waals surface area contributed by atoms with E-state index < -0.39 is 30.8 Å². The Labute approximate surface area is 137 Å². The summed E-state index contributed by atoms with van der Waals surface area (Å²) in [4.78, 5) is 24.1. The number of hydrogen-bond donors (Lipinski definition) is 4. The second-order valence-electron chi connectivity index (χ2n) is 6.08. The number of carbonyl (C=O) groups is 2. The van der Waals surface area contributed by atoms with Crippen LogP contribution >= 0.6 is 0 Å². The maximum atomic E-state index is 12.1. The van der Waals surface area contributed by atoms with Crippen LogP contribution in [-0.4, -0.2) is 34.9 Å². The molecule has 0 aliphatic carbocycles. The van der Waals surface area contributed by atoms with Gasteiger partial charge in [-0.3, -0.25) is 9.59 Å². The molecule has 2 amide bonds. The number of nitrogens with one attached hydrogen (secondary N) is 2. The molecular formula is C16H25BN2O4. The number of hydrogen-bond acceptors (Lipinski definition) is 4. The molecule has 1 rings (SSSR count). The number of amides is 2. The van der Waals surface area contributed by atoms with E-state index in [1.165, 1.54) is 6.92 Å². The summed E-state index contributed by atoms with van der Waals surface area (Å²) in [6, 6.07) is 9.39. The molecule has 7 heteroatoms. The van der Waals surface area contributed by atoms with Gasteiger partial charge in [0.15, 0.2) is 0 Å². The number of benzene rings is 1. The first-order chi connectivity index (χ1) is 10.8. The number of carbonyl (C=O) groups excluding carboxylic acids is 2. The smallest absolute Gasteiger partial charge is 0.426 e. The highest BCUT2D eigenvalue weighted by molar-refractivity contribution is 6.43. The second kappa shape index (κ2) is 9.32. The van der Waals surface area contributed by atoms with E-state index in [2.05, 4.69) is 10.6 Å². The summed E-state index contributed by atoms with van der Waals surface area (Å²) in [6.45, 7) is 5.66. The summed E-state index contributed by atoms with van der Waals surface area (Å²) in [5.41, 5.74) is 0.942. The van der Waals surface area contributed by atoms with Crippen molar-refractivity contribution in [3.8, 4) is 0 Å². The van der Waals surface area contributed by atoms with E-state index in [4.69, 9.17) is 0 Å². The SMILES string of the molecule is CC(C)CC(NC(=O)C(C)C(=O)NCc1ccccc1)B(O)O. The number of rotatable bonds is 8. The van der Waals surface area contributed by atoms with Crippen molar-refractivity contribution < 1.29 is 19.6 Å². The van der Waals surface area contributed by atoms with Gasteiger partial charge in [-0.15, -0.1) is 0 Å². The highest BCUT2D eigenvalue weighted by Gasteiger charge is 2.29. The molecule has 2 unspecified atom stereocenters. The van der Waals surface area contributed by atoms with Crippen LogP contribution in [0, 0.1) is 11.8 Å². The Morgan fingerprint density at radius 2 is 1.70 bits per heavy atom. The van der Waals surface area contributed by atoms with Crippen molar-refractivity contribution in [3.05, 3.63) is 35.9 Å². The first kappa shape index (κ1) is 19.2. The van der Waals surface area contributed by atoms with Crippen LogP contribution in [-0.2, 0) is 16.1 Å². The Bertz CT molecular complexity index is 508. The minimum absolute atomic E-state index is 0.185. The molecule has 0 saturated carbocycles. The monoisotopic (exact) mass is 320 g/mol. The molecule has 1 aromatic carbocycles. The largest absolute Gasteiger partial charge is 0.475 e. The fourth-order valence-electron chi connectivity index (χ4n) is 2.13. The van der Waals surface area contributed by atoms with Gasteiger partial charge in [0.25, 0.3) is 0 Å². The van der Waals surface area contributed by atoms with Gasteiger partial charge in [0.05, 0.1) is 5.94 Å². The zero-order valence-electron chi connectivity index (χ0n) is 13.8. The maximum Gasteiger partial charge on any atom is 0.475 e.